The molecular weight excluding hydrogens is 206 g/mol. The summed E-state index contributed by atoms with van der Waals surface area (Å²) in [5.41, 5.74) is 0. The van der Waals surface area contributed by atoms with Crippen molar-refractivity contribution in [2.24, 2.45) is 5.92 Å². The predicted octanol–water partition coefficient (Wildman–Crippen LogP) is 1.71. The maximum absolute atomic E-state index is 11.2. The molecule has 0 atom stereocenters. The first kappa shape index (κ1) is 12.7. The summed E-state index contributed by atoms with van der Waals surface area (Å²) in [5.74, 6) is -0.164. The molecule has 1 fully saturated rings. The minimum atomic E-state index is -0.753. The van der Waals surface area contributed by atoms with Gasteiger partial charge in [-0.25, -0.2) is 0 Å². The number of allylic oxidation sites excluding steroid dienone is 1. The SMILES string of the molecule is O=C(O)CCCCCNC(=O)/C=C/C1CC1. The standard InChI is InChI=1S/C12H19NO3/c14-11(8-7-10-5-6-10)13-9-3-1-2-4-12(15)16/h7-8,10H,1-6,9H2,(H,13,14)(H,15,16)/b8-7+. The van der Waals surface area contributed by atoms with E-state index in [1.807, 2.05) is 6.08 Å². The van der Waals surface area contributed by atoms with Crippen LogP contribution in [0.25, 0.3) is 0 Å². The number of carboxylic acid groups (broad SMARTS) is 1. The Labute approximate surface area is 95.7 Å². The van der Waals surface area contributed by atoms with Gasteiger partial charge in [0, 0.05) is 13.0 Å². The fraction of sp³-hybridized carbons (Fsp3) is 0.667. The summed E-state index contributed by atoms with van der Waals surface area (Å²) in [6.45, 7) is 0.632. The molecular formula is C12H19NO3. The molecule has 0 aromatic carbocycles. The molecule has 4 nitrogen and oxygen atoms in total. The molecule has 0 bridgehead atoms. The average Bonchev–Trinajstić information content (AvgIpc) is 3.03. The van der Waals surface area contributed by atoms with Gasteiger partial charge in [0.05, 0.1) is 0 Å². The molecule has 1 rings (SSSR count). The molecule has 0 aliphatic heterocycles. The average molecular weight is 225 g/mol. The van der Waals surface area contributed by atoms with Crippen molar-refractivity contribution in [3.05, 3.63) is 12.2 Å². The van der Waals surface area contributed by atoms with Gasteiger partial charge in [-0.15, -0.1) is 0 Å². The first-order valence-electron chi connectivity index (χ1n) is 5.86. The van der Waals surface area contributed by atoms with Crippen LogP contribution in [0.1, 0.15) is 38.5 Å². The molecule has 16 heavy (non-hydrogen) atoms. The zero-order chi connectivity index (χ0) is 11.8. The zero-order valence-electron chi connectivity index (χ0n) is 9.45. The van der Waals surface area contributed by atoms with Gasteiger partial charge in [-0.1, -0.05) is 12.5 Å². The lowest BCUT2D eigenvalue weighted by atomic mass is 10.2. The van der Waals surface area contributed by atoms with Gasteiger partial charge < -0.3 is 10.4 Å². The topological polar surface area (TPSA) is 66.4 Å². The second-order valence-corrected chi connectivity index (χ2v) is 4.19. The highest BCUT2D eigenvalue weighted by molar-refractivity contribution is 5.87. The number of carbonyl (C=O) groups excluding carboxylic acids is 1. The predicted molar refractivity (Wildman–Crippen MR) is 61.0 cm³/mol. The van der Waals surface area contributed by atoms with Crippen LogP contribution in [0.2, 0.25) is 0 Å². The Morgan fingerprint density at radius 1 is 1.25 bits per heavy atom. The van der Waals surface area contributed by atoms with E-state index < -0.39 is 5.97 Å². The summed E-state index contributed by atoms with van der Waals surface area (Å²) < 4.78 is 0. The smallest absolute Gasteiger partial charge is 0.303 e. The van der Waals surface area contributed by atoms with E-state index in [9.17, 15) is 9.59 Å². The summed E-state index contributed by atoms with van der Waals surface area (Å²) in [4.78, 5) is 21.4. The van der Waals surface area contributed by atoms with E-state index in [1.54, 1.807) is 6.08 Å². The second kappa shape index (κ2) is 7.04. The van der Waals surface area contributed by atoms with E-state index in [-0.39, 0.29) is 12.3 Å². The number of carbonyl (C=O) groups is 2. The summed E-state index contributed by atoms with van der Waals surface area (Å²) in [6.07, 6.45) is 8.57. The van der Waals surface area contributed by atoms with Crippen LogP contribution in [-0.4, -0.2) is 23.5 Å². The molecule has 0 aromatic rings. The van der Waals surface area contributed by atoms with Gasteiger partial charge in [-0.2, -0.15) is 0 Å². The number of hydrogen-bond acceptors (Lipinski definition) is 2. The van der Waals surface area contributed by atoms with E-state index in [2.05, 4.69) is 5.32 Å². The third-order valence-corrected chi connectivity index (χ3v) is 2.51. The molecule has 4 heteroatoms. The van der Waals surface area contributed by atoms with Crippen LogP contribution in [0, 0.1) is 5.92 Å². The summed E-state index contributed by atoms with van der Waals surface area (Å²) in [7, 11) is 0. The normalized spacial score (nSPS) is 15.2. The summed E-state index contributed by atoms with van der Waals surface area (Å²) in [5, 5.41) is 11.2. The molecule has 90 valence electrons. The first-order chi connectivity index (χ1) is 7.68. The van der Waals surface area contributed by atoms with Crippen molar-refractivity contribution in [2.45, 2.75) is 38.5 Å². The van der Waals surface area contributed by atoms with Crippen LogP contribution in [0.3, 0.4) is 0 Å². The summed E-state index contributed by atoms with van der Waals surface area (Å²) >= 11 is 0. The van der Waals surface area contributed by atoms with Gasteiger partial charge in [0.15, 0.2) is 0 Å². The molecule has 1 saturated carbocycles. The Hall–Kier alpha value is -1.32. The lowest BCUT2D eigenvalue weighted by Crippen LogP contribution is -2.22. The van der Waals surface area contributed by atoms with Crippen molar-refractivity contribution in [1.29, 1.82) is 0 Å². The number of hydrogen-bond donors (Lipinski definition) is 2. The van der Waals surface area contributed by atoms with Gasteiger partial charge >= 0.3 is 5.97 Å². The molecule has 0 saturated heterocycles. The highest BCUT2D eigenvalue weighted by Crippen LogP contribution is 2.29. The van der Waals surface area contributed by atoms with Gasteiger partial charge in [-0.3, -0.25) is 9.59 Å². The van der Waals surface area contributed by atoms with E-state index in [1.165, 1.54) is 12.8 Å². The van der Waals surface area contributed by atoms with E-state index in [0.717, 1.165) is 12.8 Å². The van der Waals surface area contributed by atoms with Crippen molar-refractivity contribution < 1.29 is 14.7 Å². The quantitative estimate of drug-likeness (QED) is 0.488. The van der Waals surface area contributed by atoms with Gasteiger partial charge in [0.1, 0.15) is 0 Å². The van der Waals surface area contributed by atoms with Crippen LogP contribution in [-0.2, 0) is 9.59 Å². The van der Waals surface area contributed by atoms with Crippen molar-refractivity contribution >= 4 is 11.9 Å². The largest absolute Gasteiger partial charge is 0.481 e. The lowest BCUT2D eigenvalue weighted by Gasteiger charge is -2.01. The highest BCUT2D eigenvalue weighted by atomic mass is 16.4. The molecule has 0 spiro atoms. The Morgan fingerprint density at radius 2 is 2.00 bits per heavy atom. The number of aliphatic carboxylic acids is 1. The maximum Gasteiger partial charge on any atom is 0.303 e. The van der Waals surface area contributed by atoms with E-state index >= 15 is 0 Å². The Kier molecular flexibility index (Phi) is 5.61. The highest BCUT2D eigenvalue weighted by Gasteiger charge is 2.17. The van der Waals surface area contributed by atoms with E-state index in [0.29, 0.717) is 18.9 Å². The molecule has 2 N–H and O–H groups in total. The fourth-order valence-corrected chi connectivity index (χ4v) is 1.36. The molecule has 1 amide bonds. The maximum atomic E-state index is 11.2. The van der Waals surface area contributed by atoms with Crippen LogP contribution < -0.4 is 5.32 Å². The lowest BCUT2D eigenvalue weighted by molar-refractivity contribution is -0.137. The Morgan fingerprint density at radius 3 is 2.62 bits per heavy atom. The van der Waals surface area contributed by atoms with Crippen LogP contribution in [0.4, 0.5) is 0 Å². The van der Waals surface area contributed by atoms with Crippen molar-refractivity contribution in [3.8, 4) is 0 Å². The van der Waals surface area contributed by atoms with Crippen LogP contribution in [0.15, 0.2) is 12.2 Å². The fourth-order valence-electron chi connectivity index (χ4n) is 1.36. The summed E-state index contributed by atoms with van der Waals surface area (Å²) in [6, 6.07) is 0. The van der Waals surface area contributed by atoms with Gasteiger partial charge in [-0.05, 0) is 37.7 Å². The van der Waals surface area contributed by atoms with Crippen molar-refractivity contribution in [3.63, 3.8) is 0 Å². The number of carboxylic acids is 1. The Balaban J connectivity index is 1.89. The third kappa shape index (κ3) is 7.04. The second-order valence-electron chi connectivity index (χ2n) is 4.19. The van der Waals surface area contributed by atoms with Crippen LogP contribution in [0.5, 0.6) is 0 Å². The third-order valence-electron chi connectivity index (χ3n) is 2.51. The number of nitrogens with one attached hydrogen (secondary N) is 1. The molecule has 1 aliphatic carbocycles. The van der Waals surface area contributed by atoms with Crippen molar-refractivity contribution in [2.75, 3.05) is 6.54 Å². The number of unbranched alkanes of at least 4 members (excludes halogenated alkanes) is 2. The first-order valence-corrected chi connectivity index (χ1v) is 5.86. The molecule has 1 aliphatic rings. The molecule has 0 heterocycles. The minimum Gasteiger partial charge on any atom is -0.481 e. The van der Waals surface area contributed by atoms with Crippen molar-refractivity contribution in [1.82, 2.24) is 5.32 Å². The van der Waals surface area contributed by atoms with Gasteiger partial charge in [0.25, 0.3) is 0 Å². The van der Waals surface area contributed by atoms with Crippen LogP contribution >= 0.6 is 0 Å². The molecule has 0 aromatic heterocycles. The number of rotatable bonds is 8. The zero-order valence-corrected chi connectivity index (χ0v) is 9.45. The monoisotopic (exact) mass is 225 g/mol. The molecule has 0 unspecified atom stereocenters. The van der Waals surface area contributed by atoms with Gasteiger partial charge in [0.2, 0.25) is 5.91 Å². The van der Waals surface area contributed by atoms with E-state index in [4.69, 9.17) is 5.11 Å². The molecule has 0 radical (unpaired) electrons. The number of amides is 1. The minimum absolute atomic E-state index is 0.0369. The Bertz CT molecular complexity index is 269.